The van der Waals surface area contributed by atoms with Crippen molar-refractivity contribution in [3.63, 3.8) is 0 Å². The Morgan fingerprint density at radius 1 is 1.11 bits per heavy atom. The number of aromatic nitrogens is 7. The molecule has 0 aromatic carbocycles. The smallest absolute Gasteiger partial charge is 0.238 e. The molecular weight excluding hydrogens is 246 g/mol. The van der Waals surface area contributed by atoms with Crippen LogP contribution in [0, 0.1) is 0 Å². The van der Waals surface area contributed by atoms with E-state index in [9.17, 15) is 0 Å². The maximum absolute atomic E-state index is 5.45. The third-order valence-corrected chi connectivity index (χ3v) is 2.57. The Labute approximate surface area is 108 Å². The second kappa shape index (κ2) is 4.92. The van der Waals surface area contributed by atoms with Crippen LogP contribution in [0.3, 0.4) is 0 Å². The monoisotopic (exact) mass is 257 g/mol. The van der Waals surface area contributed by atoms with E-state index in [1.54, 1.807) is 17.1 Å². The first kappa shape index (κ1) is 11.5. The third kappa shape index (κ3) is 2.32. The molecule has 0 bridgehead atoms. The van der Waals surface area contributed by atoms with Gasteiger partial charge in [0.25, 0.3) is 0 Å². The maximum atomic E-state index is 5.45. The molecule has 0 radical (unpaired) electrons. The van der Waals surface area contributed by atoms with Gasteiger partial charge in [0.15, 0.2) is 5.82 Å². The Morgan fingerprint density at radius 3 is 2.63 bits per heavy atom. The number of rotatable bonds is 4. The maximum Gasteiger partial charge on any atom is 0.238 e. The van der Waals surface area contributed by atoms with Crippen LogP contribution in [0.2, 0.25) is 0 Å². The lowest BCUT2D eigenvalue weighted by Gasteiger charge is -2.00. The Balaban J connectivity index is 1.88. The van der Waals surface area contributed by atoms with E-state index >= 15 is 0 Å². The number of hydrogen-bond acceptors (Lipinski definition) is 7. The summed E-state index contributed by atoms with van der Waals surface area (Å²) in [5, 5.41) is 19.5. The predicted octanol–water partition coefficient (Wildman–Crippen LogP) is 0.729. The summed E-state index contributed by atoms with van der Waals surface area (Å²) < 4.78 is 7.06. The summed E-state index contributed by atoms with van der Waals surface area (Å²) in [6.07, 6.45) is 4.09. The van der Waals surface area contributed by atoms with Gasteiger partial charge in [0, 0.05) is 24.4 Å². The zero-order valence-corrected chi connectivity index (χ0v) is 10.3. The van der Waals surface area contributed by atoms with Crippen molar-refractivity contribution in [2.75, 3.05) is 0 Å². The zero-order valence-electron chi connectivity index (χ0n) is 10.3. The molecule has 0 fully saturated rings. The Morgan fingerprint density at radius 2 is 1.89 bits per heavy atom. The molecule has 0 aliphatic heterocycles. The van der Waals surface area contributed by atoms with Crippen molar-refractivity contribution in [1.29, 1.82) is 0 Å². The SMILES string of the molecule is CCc1nnc(Cn2nnnc2-c2ccncc2)o1. The van der Waals surface area contributed by atoms with Gasteiger partial charge in [-0.1, -0.05) is 6.92 Å². The van der Waals surface area contributed by atoms with E-state index < -0.39 is 0 Å². The molecule has 0 amide bonds. The first-order valence-corrected chi connectivity index (χ1v) is 5.84. The fourth-order valence-corrected chi connectivity index (χ4v) is 1.64. The number of nitrogens with zero attached hydrogens (tertiary/aromatic N) is 7. The number of hydrogen-bond donors (Lipinski definition) is 0. The summed E-state index contributed by atoms with van der Waals surface area (Å²) in [5.74, 6) is 1.73. The summed E-state index contributed by atoms with van der Waals surface area (Å²) >= 11 is 0. The van der Waals surface area contributed by atoms with Gasteiger partial charge in [-0.15, -0.1) is 15.3 Å². The molecule has 3 rings (SSSR count). The first-order valence-electron chi connectivity index (χ1n) is 5.84. The Kier molecular flexibility index (Phi) is 2.97. The van der Waals surface area contributed by atoms with Gasteiger partial charge in [0.2, 0.25) is 11.8 Å². The van der Waals surface area contributed by atoms with Crippen molar-refractivity contribution < 1.29 is 4.42 Å². The number of tetrazole rings is 1. The number of aryl methyl sites for hydroxylation is 1. The molecule has 0 N–H and O–H groups in total. The van der Waals surface area contributed by atoms with Gasteiger partial charge in [-0.2, -0.15) is 0 Å². The standard InChI is InChI=1S/C11H11N7O/c1-2-9-13-14-10(19-9)7-18-11(15-16-17-18)8-3-5-12-6-4-8/h3-6H,2,7H2,1H3. The van der Waals surface area contributed by atoms with Gasteiger partial charge in [-0.25, -0.2) is 4.68 Å². The molecule has 0 aliphatic rings. The molecule has 3 aromatic heterocycles. The molecule has 96 valence electrons. The predicted molar refractivity (Wildman–Crippen MR) is 63.8 cm³/mol. The highest BCUT2D eigenvalue weighted by Crippen LogP contribution is 2.14. The highest BCUT2D eigenvalue weighted by molar-refractivity contribution is 5.52. The van der Waals surface area contributed by atoms with Crippen LogP contribution in [-0.2, 0) is 13.0 Å². The third-order valence-electron chi connectivity index (χ3n) is 2.57. The van der Waals surface area contributed by atoms with E-state index in [0.29, 0.717) is 30.6 Å². The van der Waals surface area contributed by atoms with Gasteiger partial charge in [0.05, 0.1) is 0 Å². The fraction of sp³-hybridized carbons (Fsp3) is 0.273. The van der Waals surface area contributed by atoms with E-state index in [1.807, 2.05) is 19.1 Å². The lowest BCUT2D eigenvalue weighted by atomic mass is 10.2. The van der Waals surface area contributed by atoms with Crippen LogP contribution in [0.5, 0.6) is 0 Å². The highest BCUT2D eigenvalue weighted by atomic mass is 16.4. The number of pyridine rings is 1. The van der Waals surface area contributed by atoms with Crippen LogP contribution in [0.25, 0.3) is 11.4 Å². The van der Waals surface area contributed by atoms with Crippen LogP contribution in [-0.4, -0.2) is 35.4 Å². The first-order chi connectivity index (χ1) is 9.36. The molecule has 8 nitrogen and oxygen atoms in total. The topological polar surface area (TPSA) is 95.4 Å². The van der Waals surface area contributed by atoms with Crippen molar-refractivity contribution >= 4 is 0 Å². The highest BCUT2D eigenvalue weighted by Gasteiger charge is 2.12. The molecule has 8 heteroatoms. The van der Waals surface area contributed by atoms with Crippen molar-refractivity contribution in [2.24, 2.45) is 0 Å². The lowest BCUT2D eigenvalue weighted by molar-refractivity contribution is 0.431. The van der Waals surface area contributed by atoms with Gasteiger partial charge in [-0.3, -0.25) is 4.98 Å². The van der Waals surface area contributed by atoms with Gasteiger partial charge < -0.3 is 4.42 Å². The summed E-state index contributed by atoms with van der Waals surface area (Å²) in [5.41, 5.74) is 0.884. The normalized spacial score (nSPS) is 10.8. The molecule has 3 heterocycles. The van der Waals surface area contributed by atoms with Crippen LogP contribution in [0.1, 0.15) is 18.7 Å². The summed E-state index contributed by atoms with van der Waals surface area (Å²) in [6, 6.07) is 3.68. The molecule has 0 saturated heterocycles. The molecule has 3 aromatic rings. The molecule has 0 atom stereocenters. The average molecular weight is 257 g/mol. The van der Waals surface area contributed by atoms with Crippen molar-refractivity contribution in [2.45, 2.75) is 19.9 Å². The Hall–Kier alpha value is -2.64. The van der Waals surface area contributed by atoms with Crippen LogP contribution < -0.4 is 0 Å². The molecular formula is C11H11N7O. The van der Waals surface area contributed by atoms with E-state index in [0.717, 1.165) is 5.56 Å². The van der Waals surface area contributed by atoms with E-state index in [4.69, 9.17) is 4.42 Å². The van der Waals surface area contributed by atoms with Gasteiger partial charge in [-0.05, 0) is 22.6 Å². The fourth-order valence-electron chi connectivity index (χ4n) is 1.64. The minimum absolute atomic E-state index is 0.345. The molecule has 0 spiro atoms. The second-order valence-corrected chi connectivity index (χ2v) is 3.84. The van der Waals surface area contributed by atoms with E-state index in [2.05, 4.69) is 30.7 Å². The van der Waals surface area contributed by atoms with Crippen molar-refractivity contribution in [3.8, 4) is 11.4 Å². The minimum atomic E-state index is 0.345. The van der Waals surface area contributed by atoms with Gasteiger partial charge in [0.1, 0.15) is 6.54 Å². The largest absolute Gasteiger partial charge is 0.423 e. The lowest BCUT2D eigenvalue weighted by Crippen LogP contribution is -2.04. The molecule has 0 saturated carbocycles. The van der Waals surface area contributed by atoms with Crippen LogP contribution >= 0.6 is 0 Å². The summed E-state index contributed by atoms with van der Waals surface area (Å²) in [6.45, 7) is 2.30. The van der Waals surface area contributed by atoms with Crippen molar-refractivity contribution in [1.82, 2.24) is 35.4 Å². The van der Waals surface area contributed by atoms with Crippen molar-refractivity contribution in [3.05, 3.63) is 36.3 Å². The van der Waals surface area contributed by atoms with E-state index in [-0.39, 0.29) is 0 Å². The summed E-state index contributed by atoms with van der Waals surface area (Å²) in [7, 11) is 0. The van der Waals surface area contributed by atoms with Crippen LogP contribution in [0.4, 0.5) is 0 Å². The zero-order chi connectivity index (χ0) is 13.1. The average Bonchev–Trinajstić information content (AvgIpc) is 3.09. The Bertz CT molecular complexity index is 661. The summed E-state index contributed by atoms with van der Waals surface area (Å²) in [4.78, 5) is 3.96. The molecule has 0 unspecified atom stereocenters. The molecule has 0 aliphatic carbocycles. The van der Waals surface area contributed by atoms with Crippen LogP contribution in [0.15, 0.2) is 28.9 Å². The van der Waals surface area contributed by atoms with E-state index in [1.165, 1.54) is 0 Å². The minimum Gasteiger partial charge on any atom is -0.423 e. The molecule has 19 heavy (non-hydrogen) atoms. The second-order valence-electron chi connectivity index (χ2n) is 3.84. The van der Waals surface area contributed by atoms with Gasteiger partial charge >= 0.3 is 0 Å². The quantitative estimate of drug-likeness (QED) is 0.679.